The van der Waals surface area contributed by atoms with Crippen LogP contribution in [-0.4, -0.2) is 11.2 Å². The lowest BCUT2D eigenvalue weighted by molar-refractivity contribution is 0.145. The largest absolute Gasteiger partial charge is 0.392 e. The van der Waals surface area contributed by atoms with Crippen LogP contribution in [0.4, 0.5) is 8.78 Å². The number of rotatable bonds is 3. The van der Waals surface area contributed by atoms with Crippen LogP contribution in [0, 0.1) is 23.5 Å². The van der Waals surface area contributed by atoms with E-state index in [0.717, 1.165) is 12.5 Å². The van der Waals surface area contributed by atoms with Gasteiger partial charge in [-0.2, -0.15) is 0 Å². The van der Waals surface area contributed by atoms with Crippen molar-refractivity contribution in [2.45, 2.75) is 25.9 Å². The minimum absolute atomic E-state index is 0.279. The van der Waals surface area contributed by atoms with Crippen molar-refractivity contribution in [3.8, 4) is 0 Å². The fourth-order valence-corrected chi connectivity index (χ4v) is 1.95. The second kappa shape index (κ2) is 3.89. The van der Waals surface area contributed by atoms with Crippen LogP contribution in [0.25, 0.3) is 0 Å². The molecule has 0 aliphatic heterocycles. The molecule has 3 atom stereocenters. The van der Waals surface area contributed by atoms with Crippen LogP contribution >= 0.6 is 0 Å². The summed E-state index contributed by atoms with van der Waals surface area (Å²) in [5, 5.41) is 9.75. The van der Waals surface area contributed by atoms with E-state index in [0.29, 0.717) is 11.5 Å². The summed E-state index contributed by atoms with van der Waals surface area (Å²) in [4.78, 5) is 0. The first-order valence-corrected chi connectivity index (χ1v) is 5.20. The van der Waals surface area contributed by atoms with Gasteiger partial charge in [0, 0.05) is 12.5 Å². The van der Waals surface area contributed by atoms with Gasteiger partial charge in [-0.05, 0) is 29.9 Å². The van der Waals surface area contributed by atoms with Gasteiger partial charge < -0.3 is 5.11 Å². The molecule has 0 saturated heterocycles. The van der Waals surface area contributed by atoms with Gasteiger partial charge in [0.25, 0.3) is 0 Å². The zero-order valence-corrected chi connectivity index (χ0v) is 8.58. The second-order valence-corrected chi connectivity index (χ2v) is 4.38. The molecule has 0 spiro atoms. The summed E-state index contributed by atoms with van der Waals surface area (Å²) in [6.07, 6.45) is 0.783. The number of hydrogen-bond donors (Lipinski definition) is 1. The fourth-order valence-electron chi connectivity index (χ4n) is 1.95. The first-order chi connectivity index (χ1) is 7.08. The molecule has 0 radical (unpaired) electrons. The van der Waals surface area contributed by atoms with Gasteiger partial charge in [-0.1, -0.05) is 13.0 Å². The summed E-state index contributed by atoms with van der Waals surface area (Å²) in [6, 6.07) is 3.49. The van der Waals surface area contributed by atoms with Gasteiger partial charge in [-0.3, -0.25) is 0 Å². The van der Waals surface area contributed by atoms with Crippen LogP contribution in [0.2, 0.25) is 0 Å². The second-order valence-electron chi connectivity index (χ2n) is 4.38. The Morgan fingerprint density at radius 1 is 1.47 bits per heavy atom. The monoisotopic (exact) mass is 212 g/mol. The van der Waals surface area contributed by atoms with E-state index in [1.165, 1.54) is 12.1 Å². The first kappa shape index (κ1) is 10.6. The third-order valence-corrected chi connectivity index (χ3v) is 3.11. The van der Waals surface area contributed by atoms with Gasteiger partial charge >= 0.3 is 0 Å². The van der Waals surface area contributed by atoms with Gasteiger partial charge in [0.1, 0.15) is 11.6 Å². The molecular formula is C12H14F2O. The lowest BCUT2D eigenvalue weighted by Gasteiger charge is -2.10. The molecule has 1 aromatic carbocycles. The molecule has 2 rings (SSSR count). The van der Waals surface area contributed by atoms with Crippen molar-refractivity contribution in [1.82, 2.24) is 0 Å². The highest BCUT2D eigenvalue weighted by molar-refractivity contribution is 5.19. The van der Waals surface area contributed by atoms with E-state index in [1.54, 1.807) is 0 Å². The van der Waals surface area contributed by atoms with E-state index in [1.807, 2.05) is 0 Å². The molecule has 1 aliphatic rings. The van der Waals surface area contributed by atoms with Crippen molar-refractivity contribution in [1.29, 1.82) is 0 Å². The Morgan fingerprint density at radius 3 is 2.67 bits per heavy atom. The summed E-state index contributed by atoms with van der Waals surface area (Å²) >= 11 is 0. The molecule has 82 valence electrons. The Morgan fingerprint density at radius 2 is 2.13 bits per heavy atom. The highest BCUT2D eigenvalue weighted by Crippen LogP contribution is 2.41. The zero-order valence-electron chi connectivity index (χ0n) is 8.58. The smallest absolute Gasteiger partial charge is 0.129 e. The Balaban J connectivity index is 2.04. The Bertz CT molecular complexity index is 365. The molecule has 1 N–H and O–H groups in total. The number of aliphatic hydroxyl groups excluding tert-OH is 1. The van der Waals surface area contributed by atoms with E-state index < -0.39 is 17.7 Å². The number of hydrogen-bond acceptors (Lipinski definition) is 1. The maximum absolute atomic E-state index is 13.2. The molecule has 1 aliphatic carbocycles. The van der Waals surface area contributed by atoms with Gasteiger partial charge in [-0.15, -0.1) is 0 Å². The predicted molar refractivity (Wildman–Crippen MR) is 53.3 cm³/mol. The van der Waals surface area contributed by atoms with E-state index in [9.17, 15) is 13.9 Å². The van der Waals surface area contributed by atoms with Crippen LogP contribution in [0.5, 0.6) is 0 Å². The van der Waals surface area contributed by atoms with Gasteiger partial charge in [-0.25, -0.2) is 8.78 Å². The molecular weight excluding hydrogens is 198 g/mol. The topological polar surface area (TPSA) is 20.2 Å². The summed E-state index contributed by atoms with van der Waals surface area (Å²) < 4.78 is 25.9. The van der Waals surface area contributed by atoms with Crippen molar-refractivity contribution in [3.05, 3.63) is 35.4 Å². The van der Waals surface area contributed by atoms with Crippen LogP contribution < -0.4 is 0 Å². The molecule has 1 saturated carbocycles. The van der Waals surface area contributed by atoms with Crippen molar-refractivity contribution in [3.63, 3.8) is 0 Å². The molecule has 0 bridgehead atoms. The van der Waals surface area contributed by atoms with Crippen molar-refractivity contribution >= 4 is 0 Å². The molecule has 15 heavy (non-hydrogen) atoms. The van der Waals surface area contributed by atoms with Crippen molar-refractivity contribution in [2.24, 2.45) is 11.8 Å². The minimum atomic E-state index is -0.578. The van der Waals surface area contributed by atoms with Crippen LogP contribution in [-0.2, 0) is 6.42 Å². The average molecular weight is 212 g/mol. The number of benzene rings is 1. The van der Waals surface area contributed by atoms with Crippen molar-refractivity contribution in [2.75, 3.05) is 0 Å². The Labute approximate surface area is 87.7 Å². The van der Waals surface area contributed by atoms with E-state index >= 15 is 0 Å². The molecule has 0 heterocycles. The highest BCUT2D eigenvalue weighted by Gasteiger charge is 2.38. The SMILES string of the molecule is CC1CC1C(O)Cc1ccc(F)cc1F. The molecule has 1 nitrogen and oxygen atoms in total. The Kier molecular flexibility index (Phi) is 2.74. The summed E-state index contributed by atoms with van der Waals surface area (Å²) in [6.45, 7) is 2.06. The summed E-state index contributed by atoms with van der Waals surface area (Å²) in [5.74, 6) is -0.328. The fraction of sp³-hybridized carbons (Fsp3) is 0.500. The lowest BCUT2D eigenvalue weighted by Crippen LogP contribution is -2.15. The third kappa shape index (κ3) is 2.34. The van der Waals surface area contributed by atoms with E-state index in [-0.39, 0.29) is 12.3 Å². The van der Waals surface area contributed by atoms with Crippen molar-refractivity contribution < 1.29 is 13.9 Å². The highest BCUT2D eigenvalue weighted by atomic mass is 19.1. The van der Waals surface area contributed by atoms with Crippen LogP contribution in [0.3, 0.4) is 0 Å². The lowest BCUT2D eigenvalue weighted by atomic mass is 10.0. The van der Waals surface area contributed by atoms with Crippen LogP contribution in [0.1, 0.15) is 18.9 Å². The molecule has 0 aromatic heterocycles. The summed E-state index contributed by atoms with van der Waals surface area (Å²) in [7, 11) is 0. The third-order valence-electron chi connectivity index (χ3n) is 3.11. The maximum atomic E-state index is 13.2. The molecule has 1 aromatic rings. The molecule has 3 heteroatoms. The maximum Gasteiger partial charge on any atom is 0.129 e. The minimum Gasteiger partial charge on any atom is -0.392 e. The van der Waals surface area contributed by atoms with Gasteiger partial charge in [0.2, 0.25) is 0 Å². The molecule has 3 unspecified atom stereocenters. The first-order valence-electron chi connectivity index (χ1n) is 5.20. The quantitative estimate of drug-likeness (QED) is 0.816. The summed E-state index contributed by atoms with van der Waals surface area (Å²) in [5.41, 5.74) is 0.392. The average Bonchev–Trinajstić information content (AvgIpc) is 2.88. The number of halogens is 2. The van der Waals surface area contributed by atoms with Gasteiger partial charge in [0.05, 0.1) is 6.10 Å². The standard InChI is InChI=1S/C12H14F2O/c1-7-4-10(7)12(15)5-8-2-3-9(13)6-11(8)14/h2-3,6-7,10,12,15H,4-5H2,1H3. The zero-order chi connectivity index (χ0) is 11.0. The molecule has 0 amide bonds. The van der Waals surface area contributed by atoms with E-state index in [2.05, 4.69) is 6.92 Å². The van der Waals surface area contributed by atoms with Crippen LogP contribution in [0.15, 0.2) is 18.2 Å². The number of aliphatic hydroxyl groups is 1. The Hall–Kier alpha value is -0.960. The van der Waals surface area contributed by atoms with E-state index in [4.69, 9.17) is 0 Å². The van der Waals surface area contributed by atoms with Gasteiger partial charge in [0.15, 0.2) is 0 Å². The normalized spacial score (nSPS) is 26.4. The molecule has 1 fully saturated rings. The predicted octanol–water partition coefficient (Wildman–Crippen LogP) is 2.52.